The molecule has 22 heavy (non-hydrogen) atoms. The van der Waals surface area contributed by atoms with Crippen molar-refractivity contribution in [1.29, 1.82) is 0 Å². The number of hydrogen-bond donors (Lipinski definition) is 2. The highest BCUT2D eigenvalue weighted by Gasteiger charge is 2.36. The average Bonchev–Trinajstić information content (AvgIpc) is 3.06. The van der Waals surface area contributed by atoms with Crippen LogP contribution in [0.5, 0.6) is 0 Å². The van der Waals surface area contributed by atoms with Crippen molar-refractivity contribution in [1.82, 2.24) is 15.1 Å². The first-order valence-corrected chi connectivity index (χ1v) is 8.56. The molecule has 0 aromatic heterocycles. The zero-order valence-electron chi connectivity index (χ0n) is 13.9. The topological polar surface area (TPSA) is 78.7 Å². The first kappa shape index (κ1) is 17.2. The van der Waals surface area contributed by atoms with Crippen molar-refractivity contribution in [3.8, 4) is 0 Å². The average molecular weight is 310 g/mol. The van der Waals surface area contributed by atoms with Gasteiger partial charge in [0.15, 0.2) is 0 Å². The molecule has 2 rings (SSSR count). The number of carbonyl (C=O) groups is 2. The molecule has 6 nitrogen and oxygen atoms in total. The second-order valence-corrected chi connectivity index (χ2v) is 6.68. The van der Waals surface area contributed by atoms with Gasteiger partial charge in [-0.2, -0.15) is 0 Å². The maximum absolute atomic E-state index is 12.2. The molecule has 2 aliphatic heterocycles. The number of rotatable bonds is 7. The maximum Gasteiger partial charge on any atom is 0.225 e. The lowest BCUT2D eigenvalue weighted by Gasteiger charge is -2.27. The third kappa shape index (κ3) is 4.43. The first-order valence-electron chi connectivity index (χ1n) is 8.56. The van der Waals surface area contributed by atoms with Gasteiger partial charge in [0.1, 0.15) is 0 Å². The van der Waals surface area contributed by atoms with E-state index in [0.717, 1.165) is 32.5 Å². The van der Waals surface area contributed by atoms with Crippen LogP contribution in [0.1, 0.15) is 39.5 Å². The van der Waals surface area contributed by atoms with Gasteiger partial charge in [0.05, 0.1) is 5.92 Å². The van der Waals surface area contributed by atoms with E-state index in [1.807, 2.05) is 11.8 Å². The predicted molar refractivity (Wildman–Crippen MR) is 86.2 cm³/mol. The molecular weight excluding hydrogens is 280 g/mol. The molecule has 0 aromatic carbocycles. The summed E-state index contributed by atoms with van der Waals surface area (Å²) in [4.78, 5) is 28.6. The zero-order valence-corrected chi connectivity index (χ0v) is 13.9. The van der Waals surface area contributed by atoms with E-state index in [1.165, 1.54) is 6.42 Å². The van der Waals surface area contributed by atoms with Crippen molar-refractivity contribution in [3.63, 3.8) is 0 Å². The smallest absolute Gasteiger partial charge is 0.225 e. The van der Waals surface area contributed by atoms with E-state index >= 15 is 0 Å². The number of likely N-dealkylation sites (N-methyl/N-ethyl adjacent to an activating group) is 1. The van der Waals surface area contributed by atoms with Crippen LogP contribution in [0.15, 0.2) is 0 Å². The Morgan fingerprint density at radius 1 is 1.50 bits per heavy atom. The lowest BCUT2D eigenvalue weighted by atomic mass is 10.1. The van der Waals surface area contributed by atoms with Crippen LogP contribution < -0.4 is 11.1 Å². The summed E-state index contributed by atoms with van der Waals surface area (Å²) in [7, 11) is 0. The molecule has 0 saturated carbocycles. The fourth-order valence-corrected chi connectivity index (χ4v) is 3.46. The molecule has 2 saturated heterocycles. The summed E-state index contributed by atoms with van der Waals surface area (Å²) in [6.45, 7) is 8.19. The van der Waals surface area contributed by atoms with Gasteiger partial charge in [-0.1, -0.05) is 6.92 Å². The highest BCUT2D eigenvalue weighted by Crippen LogP contribution is 2.23. The lowest BCUT2D eigenvalue weighted by Crippen LogP contribution is -2.41. The van der Waals surface area contributed by atoms with E-state index in [2.05, 4.69) is 17.1 Å². The number of nitrogens with two attached hydrogens (primary N) is 1. The van der Waals surface area contributed by atoms with E-state index in [4.69, 9.17) is 5.73 Å². The molecule has 2 fully saturated rings. The molecule has 126 valence electrons. The Morgan fingerprint density at radius 2 is 2.27 bits per heavy atom. The fraction of sp³-hybridized carbons (Fsp3) is 0.875. The number of nitrogens with zero attached hydrogens (tertiary/aromatic N) is 2. The maximum atomic E-state index is 12.2. The zero-order chi connectivity index (χ0) is 16.1. The van der Waals surface area contributed by atoms with Gasteiger partial charge in [0, 0.05) is 38.1 Å². The van der Waals surface area contributed by atoms with Crippen molar-refractivity contribution in [2.75, 3.05) is 32.7 Å². The molecule has 0 bridgehead atoms. The van der Waals surface area contributed by atoms with Crippen LogP contribution in [-0.2, 0) is 9.59 Å². The van der Waals surface area contributed by atoms with Gasteiger partial charge in [0.25, 0.3) is 0 Å². The van der Waals surface area contributed by atoms with Crippen LogP contribution in [-0.4, -0.2) is 66.4 Å². The Bertz CT molecular complexity index is 400. The van der Waals surface area contributed by atoms with Gasteiger partial charge in [-0.15, -0.1) is 0 Å². The monoisotopic (exact) mass is 310 g/mol. The number of nitrogens with one attached hydrogen (secondary N) is 1. The van der Waals surface area contributed by atoms with Crippen LogP contribution in [0, 0.1) is 5.92 Å². The molecule has 0 radical (unpaired) electrons. The Labute approximate surface area is 133 Å². The van der Waals surface area contributed by atoms with E-state index in [-0.39, 0.29) is 23.8 Å². The van der Waals surface area contributed by atoms with E-state index < -0.39 is 0 Å². The van der Waals surface area contributed by atoms with Crippen LogP contribution >= 0.6 is 0 Å². The van der Waals surface area contributed by atoms with E-state index in [0.29, 0.717) is 25.6 Å². The van der Waals surface area contributed by atoms with Gasteiger partial charge in [-0.25, -0.2) is 0 Å². The summed E-state index contributed by atoms with van der Waals surface area (Å²) in [6.07, 6.45) is 3.48. The Balaban J connectivity index is 1.79. The second-order valence-electron chi connectivity index (χ2n) is 6.68. The van der Waals surface area contributed by atoms with Gasteiger partial charge in [-0.3, -0.25) is 14.5 Å². The Hall–Kier alpha value is -1.14. The molecule has 2 amide bonds. The third-order valence-electron chi connectivity index (χ3n) is 4.82. The molecule has 3 atom stereocenters. The molecule has 2 heterocycles. The van der Waals surface area contributed by atoms with Crippen molar-refractivity contribution < 1.29 is 9.59 Å². The van der Waals surface area contributed by atoms with Crippen LogP contribution in [0.4, 0.5) is 0 Å². The number of hydrogen-bond acceptors (Lipinski definition) is 4. The lowest BCUT2D eigenvalue weighted by molar-refractivity contribution is -0.129. The summed E-state index contributed by atoms with van der Waals surface area (Å²) in [6, 6.07) is 0.554. The summed E-state index contributed by atoms with van der Waals surface area (Å²) < 4.78 is 0. The highest BCUT2D eigenvalue weighted by atomic mass is 16.2. The van der Waals surface area contributed by atoms with Gasteiger partial charge < -0.3 is 16.0 Å². The summed E-state index contributed by atoms with van der Waals surface area (Å²) in [5.74, 6) is -0.0809. The third-order valence-corrected chi connectivity index (χ3v) is 4.82. The largest absolute Gasteiger partial charge is 0.356 e. The number of likely N-dealkylation sites (tertiary alicyclic amines) is 2. The SMILES string of the molecule is CCN1CCCC1CN1CC(C(=O)NCCC(C)N)CC1=O. The van der Waals surface area contributed by atoms with Crippen molar-refractivity contribution >= 4 is 11.8 Å². The first-order chi connectivity index (χ1) is 10.5. The molecule has 0 aromatic rings. The number of amides is 2. The van der Waals surface area contributed by atoms with Crippen molar-refractivity contribution in [3.05, 3.63) is 0 Å². The van der Waals surface area contributed by atoms with Crippen molar-refractivity contribution in [2.45, 2.75) is 51.6 Å². The molecular formula is C16H30N4O2. The van der Waals surface area contributed by atoms with Gasteiger partial charge >= 0.3 is 0 Å². The molecule has 3 N–H and O–H groups in total. The molecule has 0 spiro atoms. The van der Waals surface area contributed by atoms with Crippen LogP contribution in [0.2, 0.25) is 0 Å². The van der Waals surface area contributed by atoms with Crippen LogP contribution in [0.3, 0.4) is 0 Å². The molecule has 2 aliphatic rings. The Kier molecular flexibility index (Phi) is 6.20. The predicted octanol–water partition coefficient (Wildman–Crippen LogP) is 0.173. The van der Waals surface area contributed by atoms with Crippen molar-refractivity contribution in [2.24, 2.45) is 11.7 Å². The molecule has 0 aliphatic carbocycles. The minimum atomic E-state index is -0.197. The summed E-state index contributed by atoms with van der Waals surface area (Å²) in [5.41, 5.74) is 5.68. The van der Waals surface area contributed by atoms with Gasteiger partial charge in [-0.05, 0) is 39.3 Å². The Morgan fingerprint density at radius 3 is 2.95 bits per heavy atom. The molecule has 3 unspecified atom stereocenters. The van der Waals surface area contributed by atoms with Crippen LogP contribution in [0.25, 0.3) is 0 Å². The summed E-state index contributed by atoms with van der Waals surface area (Å²) >= 11 is 0. The summed E-state index contributed by atoms with van der Waals surface area (Å²) in [5, 5.41) is 2.90. The van der Waals surface area contributed by atoms with Gasteiger partial charge in [0.2, 0.25) is 11.8 Å². The minimum Gasteiger partial charge on any atom is -0.356 e. The fourth-order valence-electron chi connectivity index (χ4n) is 3.46. The van der Waals surface area contributed by atoms with E-state index in [9.17, 15) is 9.59 Å². The molecule has 6 heteroatoms. The second kappa shape index (κ2) is 7.92. The quantitative estimate of drug-likeness (QED) is 0.703. The number of carbonyl (C=O) groups excluding carboxylic acids is 2. The highest BCUT2D eigenvalue weighted by molar-refractivity contribution is 5.89. The normalized spacial score (nSPS) is 27.4. The van der Waals surface area contributed by atoms with E-state index in [1.54, 1.807) is 0 Å². The minimum absolute atomic E-state index is 0.00438. The standard InChI is InChI=1S/C16H30N4O2/c1-3-19-8-4-5-14(19)11-20-10-13(9-15(20)21)16(22)18-7-6-12(2)17/h12-14H,3-11,17H2,1-2H3,(H,18,22).